The number of benzene rings is 2. The first-order valence-corrected chi connectivity index (χ1v) is 22.3. The predicted octanol–water partition coefficient (Wildman–Crippen LogP) is 8.47. The van der Waals surface area contributed by atoms with Crippen molar-refractivity contribution in [1.29, 1.82) is 0 Å². The molecule has 0 bridgehead atoms. The van der Waals surface area contributed by atoms with E-state index >= 15 is 0 Å². The van der Waals surface area contributed by atoms with E-state index in [1.165, 1.54) is 201 Å². The van der Waals surface area contributed by atoms with Crippen LogP contribution in [0.2, 0.25) is 0 Å². The third-order valence-corrected chi connectivity index (χ3v) is 11.9. The standard InChI is InChI=1S/C22H38N2.C20H32N2.CH3I.2H2O/c1-23(14-3-4-15-23)18-8-12-21-10-7-11-22(20-21)13-9-19-24(2)16-5-6-17-24;1-2-13-21(12-1)16-6-10-19-8-5-9-20(18-19)11-7-17-22-14-3-4-15-22;1-2;;/h7,10-11,20H,3-6,8-9,12-19H2,1-2H3;5,8-9,18H,1-4,6-7,10-17H2;1H3;2*1H2/q+2;;;;/p-2. The molecule has 4 aliphatic rings. The summed E-state index contributed by atoms with van der Waals surface area (Å²) in [6.07, 6.45) is 21.7. The summed E-state index contributed by atoms with van der Waals surface area (Å²) in [5.41, 5.74) is 6.19. The van der Waals surface area contributed by atoms with E-state index in [0.717, 1.165) is 0 Å². The van der Waals surface area contributed by atoms with E-state index in [9.17, 15) is 0 Å². The largest absolute Gasteiger partial charge is 0.870 e. The van der Waals surface area contributed by atoms with Crippen molar-refractivity contribution >= 4 is 22.6 Å². The molecule has 286 valence electrons. The molecule has 0 atom stereocenters. The van der Waals surface area contributed by atoms with Gasteiger partial charge in [-0.1, -0.05) is 71.1 Å². The molecule has 0 spiro atoms. The van der Waals surface area contributed by atoms with Gasteiger partial charge in [-0.25, -0.2) is 0 Å². The lowest BCUT2D eigenvalue weighted by Gasteiger charge is -2.29. The monoisotopic (exact) mass is 806 g/mol. The molecule has 2 N–H and O–H groups in total. The Balaban J connectivity index is 0.000000319. The second-order valence-electron chi connectivity index (χ2n) is 16.1. The van der Waals surface area contributed by atoms with Crippen molar-refractivity contribution in [3.8, 4) is 0 Å². The lowest BCUT2D eigenvalue weighted by atomic mass is 10.0. The normalized spacial score (nSPS) is 19.5. The number of halogens is 1. The minimum absolute atomic E-state index is 0. The van der Waals surface area contributed by atoms with Crippen molar-refractivity contribution in [1.82, 2.24) is 9.80 Å². The molecule has 50 heavy (non-hydrogen) atoms. The van der Waals surface area contributed by atoms with Crippen LogP contribution >= 0.6 is 22.6 Å². The fourth-order valence-electron chi connectivity index (χ4n) is 8.88. The molecule has 0 radical (unpaired) electrons. The Bertz CT molecular complexity index is 1060. The van der Waals surface area contributed by atoms with Crippen LogP contribution in [0.1, 0.15) is 99.3 Å². The zero-order valence-corrected chi connectivity index (χ0v) is 34.6. The number of rotatable bonds is 16. The third kappa shape index (κ3) is 16.7. The number of hydrogen-bond acceptors (Lipinski definition) is 4. The third-order valence-electron chi connectivity index (χ3n) is 11.9. The van der Waals surface area contributed by atoms with E-state index < -0.39 is 0 Å². The Morgan fingerprint density at radius 3 is 1.10 bits per heavy atom. The van der Waals surface area contributed by atoms with Gasteiger partial charge in [-0.15, -0.1) is 0 Å². The van der Waals surface area contributed by atoms with Crippen LogP contribution in [0.3, 0.4) is 0 Å². The number of nitrogens with zero attached hydrogens (tertiary/aromatic N) is 4. The molecule has 6 rings (SSSR count). The van der Waals surface area contributed by atoms with E-state index in [4.69, 9.17) is 0 Å². The fraction of sp³-hybridized carbons (Fsp3) is 0.721. The van der Waals surface area contributed by atoms with Crippen LogP contribution in [0.25, 0.3) is 0 Å². The summed E-state index contributed by atoms with van der Waals surface area (Å²) >= 11 is 2.15. The van der Waals surface area contributed by atoms with E-state index in [2.05, 4.69) is 95.0 Å². The van der Waals surface area contributed by atoms with E-state index in [1.54, 1.807) is 11.1 Å². The molecule has 0 aromatic heterocycles. The van der Waals surface area contributed by atoms with Gasteiger partial charge < -0.3 is 29.7 Å². The highest BCUT2D eigenvalue weighted by Crippen LogP contribution is 2.20. The zero-order chi connectivity index (χ0) is 33.9. The van der Waals surface area contributed by atoms with Crippen molar-refractivity contribution in [3.63, 3.8) is 0 Å². The smallest absolute Gasteiger partial charge is 0.0787 e. The Morgan fingerprint density at radius 2 is 0.780 bits per heavy atom. The Morgan fingerprint density at radius 1 is 0.480 bits per heavy atom. The highest BCUT2D eigenvalue weighted by molar-refractivity contribution is 14.1. The second kappa shape index (κ2) is 25.0. The van der Waals surface area contributed by atoms with Crippen LogP contribution in [-0.2, 0) is 25.7 Å². The van der Waals surface area contributed by atoms with Gasteiger partial charge in [-0.05, 0) is 131 Å². The number of aryl methyl sites for hydroxylation is 4. The van der Waals surface area contributed by atoms with Gasteiger partial charge in [-0.2, -0.15) is 0 Å². The number of quaternary nitrogens is 2. The minimum atomic E-state index is 0. The molecule has 0 unspecified atom stereocenters. The van der Waals surface area contributed by atoms with Crippen molar-refractivity contribution in [2.45, 2.75) is 103 Å². The van der Waals surface area contributed by atoms with E-state index in [1.807, 2.05) is 4.93 Å². The van der Waals surface area contributed by atoms with Crippen LogP contribution in [0.4, 0.5) is 0 Å². The van der Waals surface area contributed by atoms with Crippen molar-refractivity contribution < 1.29 is 19.9 Å². The van der Waals surface area contributed by atoms with Crippen molar-refractivity contribution in [3.05, 3.63) is 70.8 Å². The topological polar surface area (TPSA) is 66.5 Å². The molecule has 6 nitrogen and oxygen atoms in total. The summed E-state index contributed by atoms with van der Waals surface area (Å²) < 4.78 is 2.63. The Kier molecular flexibility index (Phi) is 22.6. The first kappa shape index (κ1) is 45.1. The molecular formula is C43H75IN4O2. The molecule has 7 heteroatoms. The van der Waals surface area contributed by atoms with Crippen LogP contribution in [-0.4, -0.2) is 127 Å². The highest BCUT2D eigenvalue weighted by Gasteiger charge is 2.27. The average molecular weight is 807 g/mol. The summed E-state index contributed by atoms with van der Waals surface area (Å²) in [6, 6.07) is 18.8. The summed E-state index contributed by atoms with van der Waals surface area (Å²) in [4.78, 5) is 7.22. The van der Waals surface area contributed by atoms with Gasteiger partial charge in [0.25, 0.3) is 0 Å². The number of likely N-dealkylation sites (tertiary alicyclic amines) is 4. The molecule has 4 fully saturated rings. The summed E-state index contributed by atoms with van der Waals surface area (Å²) in [6.45, 7) is 16.2. The second-order valence-corrected chi connectivity index (χ2v) is 16.1. The van der Waals surface area contributed by atoms with Crippen LogP contribution in [0.15, 0.2) is 48.5 Å². The number of alkyl halides is 1. The average Bonchev–Trinajstić information content (AvgIpc) is 3.94. The van der Waals surface area contributed by atoms with Gasteiger partial charge in [0.1, 0.15) is 0 Å². The zero-order valence-electron chi connectivity index (χ0n) is 32.5. The van der Waals surface area contributed by atoms with Crippen molar-refractivity contribution in [2.24, 2.45) is 0 Å². The van der Waals surface area contributed by atoms with Gasteiger partial charge in [-0.3, -0.25) is 0 Å². The van der Waals surface area contributed by atoms with Gasteiger partial charge in [0.05, 0.1) is 53.4 Å². The molecule has 4 heterocycles. The van der Waals surface area contributed by atoms with Gasteiger partial charge in [0, 0.05) is 38.5 Å². The maximum atomic E-state index is 2.62. The minimum Gasteiger partial charge on any atom is -0.870 e. The fourth-order valence-corrected chi connectivity index (χ4v) is 8.88. The lowest BCUT2D eigenvalue weighted by Crippen LogP contribution is -2.41. The molecule has 4 saturated heterocycles. The van der Waals surface area contributed by atoms with Crippen LogP contribution in [0.5, 0.6) is 0 Å². The maximum absolute atomic E-state index is 2.62. The Hall–Kier alpha value is -1.07. The van der Waals surface area contributed by atoms with E-state index in [0.29, 0.717) is 0 Å². The molecule has 0 saturated carbocycles. The van der Waals surface area contributed by atoms with E-state index in [-0.39, 0.29) is 11.0 Å². The van der Waals surface area contributed by atoms with Crippen LogP contribution < -0.4 is 0 Å². The molecule has 0 aliphatic carbocycles. The first-order chi connectivity index (χ1) is 23.5. The number of hydrogen-bond donors (Lipinski definition) is 0. The quantitative estimate of drug-likeness (QED) is 0.0971. The molecule has 2 aromatic rings. The van der Waals surface area contributed by atoms with Crippen molar-refractivity contribution in [2.75, 3.05) is 97.6 Å². The van der Waals surface area contributed by atoms with Crippen LogP contribution in [0, 0.1) is 0 Å². The first-order valence-electron chi connectivity index (χ1n) is 20.1. The SMILES string of the molecule is CI.C[N+]1(CCCc2cccc(CCC[N+]3(C)CCCC3)c2)CCCC1.[OH-].[OH-].c1cc(CCCN2CCCC2)cc(CCCN2CCCC2)c1. The van der Waals surface area contributed by atoms with Gasteiger partial charge in [0.15, 0.2) is 0 Å². The highest BCUT2D eigenvalue weighted by atomic mass is 127. The predicted molar refractivity (Wildman–Crippen MR) is 221 cm³/mol. The molecular weight excluding hydrogens is 731 g/mol. The van der Waals surface area contributed by atoms with Gasteiger partial charge in [0.2, 0.25) is 0 Å². The summed E-state index contributed by atoms with van der Waals surface area (Å²) in [5.74, 6) is 0. The molecule has 0 amide bonds. The molecule has 4 aliphatic heterocycles. The Labute approximate surface area is 321 Å². The summed E-state index contributed by atoms with van der Waals surface area (Å²) in [7, 11) is 4.90. The summed E-state index contributed by atoms with van der Waals surface area (Å²) in [5, 5.41) is 0. The lowest BCUT2D eigenvalue weighted by molar-refractivity contribution is -0.897. The van der Waals surface area contributed by atoms with Gasteiger partial charge >= 0.3 is 0 Å². The molecule has 2 aromatic carbocycles. The maximum Gasteiger partial charge on any atom is 0.0787 e.